The average molecular weight is 275 g/mol. The SMILES string of the molecule is Cc1ccc(N=Cc2ccccc2[N+](=O)[O-])cc1Cl. The Morgan fingerprint density at radius 2 is 2.00 bits per heavy atom. The monoisotopic (exact) mass is 274 g/mol. The number of rotatable bonds is 3. The van der Waals surface area contributed by atoms with Gasteiger partial charge in [0.25, 0.3) is 5.69 Å². The van der Waals surface area contributed by atoms with Gasteiger partial charge in [-0.25, -0.2) is 0 Å². The minimum Gasteiger partial charge on any atom is -0.258 e. The van der Waals surface area contributed by atoms with Crippen LogP contribution in [0, 0.1) is 17.0 Å². The Hall–Kier alpha value is -2.20. The molecular weight excluding hydrogens is 264 g/mol. The van der Waals surface area contributed by atoms with Gasteiger partial charge < -0.3 is 0 Å². The molecule has 2 aromatic rings. The lowest BCUT2D eigenvalue weighted by Gasteiger charge is -1.99. The number of hydrogen-bond donors (Lipinski definition) is 0. The maximum Gasteiger partial charge on any atom is 0.278 e. The summed E-state index contributed by atoms with van der Waals surface area (Å²) in [6, 6.07) is 11.8. The van der Waals surface area contributed by atoms with Gasteiger partial charge in [0.15, 0.2) is 0 Å². The molecular formula is C14H11ClN2O2. The van der Waals surface area contributed by atoms with E-state index in [-0.39, 0.29) is 5.69 Å². The molecule has 5 heteroatoms. The summed E-state index contributed by atoms with van der Waals surface area (Å²) in [5.41, 5.74) is 2.12. The molecule has 4 nitrogen and oxygen atoms in total. The number of aryl methyl sites for hydroxylation is 1. The summed E-state index contributed by atoms with van der Waals surface area (Å²) in [4.78, 5) is 14.6. The van der Waals surface area contributed by atoms with E-state index in [1.165, 1.54) is 12.3 Å². The molecule has 96 valence electrons. The Morgan fingerprint density at radius 3 is 2.68 bits per heavy atom. The molecule has 0 aliphatic carbocycles. The molecule has 0 fully saturated rings. The predicted molar refractivity (Wildman–Crippen MR) is 76.5 cm³/mol. The van der Waals surface area contributed by atoms with Gasteiger partial charge in [-0.3, -0.25) is 15.1 Å². The van der Waals surface area contributed by atoms with Crippen molar-refractivity contribution in [2.45, 2.75) is 6.92 Å². The third-order valence-corrected chi connectivity index (χ3v) is 3.05. The first-order valence-electron chi connectivity index (χ1n) is 5.61. The molecule has 0 aliphatic rings. The van der Waals surface area contributed by atoms with Crippen LogP contribution in [0.3, 0.4) is 0 Å². The largest absolute Gasteiger partial charge is 0.278 e. The first-order valence-corrected chi connectivity index (χ1v) is 5.99. The summed E-state index contributed by atoms with van der Waals surface area (Å²) >= 11 is 6.00. The van der Waals surface area contributed by atoms with E-state index >= 15 is 0 Å². The summed E-state index contributed by atoms with van der Waals surface area (Å²) in [6.45, 7) is 1.90. The van der Waals surface area contributed by atoms with Crippen molar-refractivity contribution in [2.24, 2.45) is 4.99 Å². The molecule has 2 rings (SSSR count). The number of nitrogens with zero attached hydrogens (tertiary/aromatic N) is 2. The molecule has 0 amide bonds. The van der Waals surface area contributed by atoms with Crippen molar-refractivity contribution in [1.29, 1.82) is 0 Å². The van der Waals surface area contributed by atoms with Gasteiger partial charge in [-0.2, -0.15) is 0 Å². The zero-order valence-corrected chi connectivity index (χ0v) is 11.0. The van der Waals surface area contributed by atoms with Crippen molar-refractivity contribution >= 4 is 29.2 Å². The van der Waals surface area contributed by atoms with Crippen LogP contribution in [0.5, 0.6) is 0 Å². The van der Waals surface area contributed by atoms with Crippen LogP contribution in [0.15, 0.2) is 47.5 Å². The lowest BCUT2D eigenvalue weighted by molar-refractivity contribution is -0.385. The molecule has 0 saturated carbocycles. The standard InChI is InChI=1S/C14H11ClN2O2/c1-10-6-7-12(8-13(10)15)16-9-11-4-2-3-5-14(11)17(18)19/h2-9H,1H3. The minimum atomic E-state index is -0.427. The van der Waals surface area contributed by atoms with E-state index in [4.69, 9.17) is 11.6 Å². The molecule has 0 unspecified atom stereocenters. The zero-order valence-electron chi connectivity index (χ0n) is 10.2. The second-order valence-corrected chi connectivity index (χ2v) is 4.41. The van der Waals surface area contributed by atoms with Crippen molar-refractivity contribution in [2.75, 3.05) is 0 Å². The summed E-state index contributed by atoms with van der Waals surface area (Å²) in [7, 11) is 0. The van der Waals surface area contributed by atoms with E-state index in [2.05, 4.69) is 4.99 Å². The fourth-order valence-electron chi connectivity index (χ4n) is 1.57. The fraction of sp³-hybridized carbons (Fsp3) is 0.0714. The van der Waals surface area contributed by atoms with Gasteiger partial charge in [0.2, 0.25) is 0 Å². The van der Waals surface area contributed by atoms with Crippen molar-refractivity contribution < 1.29 is 4.92 Å². The molecule has 0 spiro atoms. The molecule has 0 N–H and O–H groups in total. The molecule has 0 atom stereocenters. The molecule has 0 heterocycles. The average Bonchev–Trinajstić information content (AvgIpc) is 2.40. The molecule has 2 aromatic carbocycles. The normalized spacial score (nSPS) is 10.8. The number of para-hydroxylation sites is 1. The summed E-state index contributed by atoms with van der Waals surface area (Å²) in [6.07, 6.45) is 1.47. The van der Waals surface area contributed by atoms with E-state index < -0.39 is 4.92 Å². The summed E-state index contributed by atoms with van der Waals surface area (Å²) in [5, 5.41) is 11.5. The van der Waals surface area contributed by atoms with Gasteiger partial charge in [-0.1, -0.05) is 29.8 Å². The first kappa shape index (κ1) is 13.2. The van der Waals surface area contributed by atoms with Crippen molar-refractivity contribution in [3.05, 3.63) is 68.7 Å². The maximum atomic E-state index is 10.9. The second-order valence-electron chi connectivity index (χ2n) is 4.01. The van der Waals surface area contributed by atoms with Crippen LogP contribution < -0.4 is 0 Å². The number of nitro benzene ring substituents is 1. The smallest absolute Gasteiger partial charge is 0.258 e. The molecule has 0 aromatic heterocycles. The van der Waals surface area contributed by atoms with E-state index in [9.17, 15) is 10.1 Å². The van der Waals surface area contributed by atoms with Gasteiger partial charge >= 0.3 is 0 Å². The lowest BCUT2D eigenvalue weighted by atomic mass is 10.2. The maximum absolute atomic E-state index is 10.9. The third kappa shape index (κ3) is 3.17. The van der Waals surface area contributed by atoms with Crippen molar-refractivity contribution in [3.8, 4) is 0 Å². The highest BCUT2D eigenvalue weighted by atomic mass is 35.5. The first-order chi connectivity index (χ1) is 9.08. The lowest BCUT2D eigenvalue weighted by Crippen LogP contribution is -1.93. The molecule has 0 bridgehead atoms. The van der Waals surface area contributed by atoms with E-state index in [0.29, 0.717) is 16.3 Å². The second kappa shape index (κ2) is 5.63. The van der Waals surface area contributed by atoms with Crippen LogP contribution in [0.4, 0.5) is 11.4 Å². The van der Waals surface area contributed by atoms with Crippen molar-refractivity contribution in [1.82, 2.24) is 0 Å². The van der Waals surface area contributed by atoms with Crippen LogP contribution in [0.1, 0.15) is 11.1 Å². The number of benzene rings is 2. The molecule has 0 saturated heterocycles. The fourth-order valence-corrected chi connectivity index (χ4v) is 1.74. The summed E-state index contributed by atoms with van der Waals surface area (Å²) in [5.74, 6) is 0. The number of aliphatic imine (C=N–C) groups is 1. The highest BCUT2D eigenvalue weighted by Crippen LogP contribution is 2.23. The Kier molecular flexibility index (Phi) is 3.92. The van der Waals surface area contributed by atoms with Gasteiger partial charge in [0.1, 0.15) is 0 Å². The highest BCUT2D eigenvalue weighted by molar-refractivity contribution is 6.31. The van der Waals surface area contributed by atoms with E-state index in [0.717, 1.165) is 5.56 Å². The Balaban J connectivity index is 2.32. The molecule has 0 aliphatic heterocycles. The van der Waals surface area contributed by atoms with Gasteiger partial charge in [0, 0.05) is 17.3 Å². The van der Waals surface area contributed by atoms with Crippen LogP contribution in [0.25, 0.3) is 0 Å². The van der Waals surface area contributed by atoms with Gasteiger partial charge in [-0.05, 0) is 30.7 Å². The number of halogens is 1. The van der Waals surface area contributed by atoms with E-state index in [1.54, 1.807) is 24.3 Å². The summed E-state index contributed by atoms with van der Waals surface area (Å²) < 4.78 is 0. The molecule has 19 heavy (non-hydrogen) atoms. The van der Waals surface area contributed by atoms with Crippen LogP contribution >= 0.6 is 11.6 Å². The Morgan fingerprint density at radius 1 is 1.26 bits per heavy atom. The van der Waals surface area contributed by atoms with Gasteiger partial charge in [0.05, 0.1) is 16.2 Å². The van der Waals surface area contributed by atoms with Crippen molar-refractivity contribution in [3.63, 3.8) is 0 Å². The van der Waals surface area contributed by atoms with Crippen LogP contribution in [-0.2, 0) is 0 Å². The quantitative estimate of drug-likeness (QED) is 0.476. The Labute approximate surface area is 115 Å². The van der Waals surface area contributed by atoms with Crippen LogP contribution in [-0.4, -0.2) is 11.1 Å². The highest BCUT2D eigenvalue weighted by Gasteiger charge is 2.09. The van der Waals surface area contributed by atoms with Gasteiger partial charge in [-0.15, -0.1) is 0 Å². The molecule has 0 radical (unpaired) electrons. The zero-order chi connectivity index (χ0) is 13.8. The topological polar surface area (TPSA) is 55.5 Å². The Bertz CT molecular complexity index is 654. The predicted octanol–water partition coefficient (Wildman–Crippen LogP) is 4.31. The van der Waals surface area contributed by atoms with Crippen LogP contribution in [0.2, 0.25) is 5.02 Å². The number of nitro groups is 1. The number of hydrogen-bond acceptors (Lipinski definition) is 3. The third-order valence-electron chi connectivity index (χ3n) is 2.64. The minimum absolute atomic E-state index is 0.0319. The van der Waals surface area contributed by atoms with E-state index in [1.807, 2.05) is 19.1 Å².